The van der Waals surface area contributed by atoms with E-state index in [9.17, 15) is 4.79 Å². The summed E-state index contributed by atoms with van der Waals surface area (Å²) in [6, 6.07) is 16.3. The van der Waals surface area contributed by atoms with Gasteiger partial charge >= 0.3 is 5.97 Å². The van der Waals surface area contributed by atoms with Crippen LogP contribution in [-0.2, 0) is 9.53 Å². The second kappa shape index (κ2) is 5.96. The maximum absolute atomic E-state index is 11.9. The summed E-state index contributed by atoms with van der Waals surface area (Å²) in [5.41, 5.74) is 2.30. The van der Waals surface area contributed by atoms with E-state index in [1.807, 2.05) is 30.3 Å². The predicted molar refractivity (Wildman–Crippen MR) is 85.9 cm³/mol. The summed E-state index contributed by atoms with van der Waals surface area (Å²) in [5.74, 6) is -0.215. The first kappa shape index (κ1) is 14.2. The lowest BCUT2D eigenvalue weighted by Gasteiger charge is -2.01. The molecule has 4 nitrogen and oxygen atoms in total. The number of aliphatic imine (C=N–C) groups is 1. The van der Waals surface area contributed by atoms with Crippen LogP contribution in [0.2, 0.25) is 0 Å². The molecule has 0 radical (unpaired) electrons. The van der Waals surface area contributed by atoms with Gasteiger partial charge < -0.3 is 4.74 Å². The van der Waals surface area contributed by atoms with Crippen LogP contribution in [0.15, 0.2) is 63.7 Å². The number of hydrogen-bond donors (Lipinski definition) is 0. The monoisotopic (exact) mass is 352 g/mol. The van der Waals surface area contributed by atoms with Crippen molar-refractivity contribution in [2.45, 2.75) is 0 Å². The van der Waals surface area contributed by atoms with Gasteiger partial charge in [-0.3, -0.25) is 0 Å². The molecule has 0 saturated heterocycles. The quantitative estimate of drug-likeness (QED) is 0.611. The number of ether oxygens (including phenoxy) is 1. The largest absolute Gasteiger partial charge is 0.402 e. The number of rotatable bonds is 2. The number of carbonyl (C=O) groups excluding carboxylic acids is 1. The first-order valence-electron chi connectivity index (χ1n) is 6.45. The van der Waals surface area contributed by atoms with E-state index in [0.717, 1.165) is 15.6 Å². The molecule has 0 spiro atoms. The molecule has 0 amide bonds. The second-order valence-corrected chi connectivity index (χ2v) is 5.40. The highest BCUT2D eigenvalue weighted by molar-refractivity contribution is 9.10. The van der Waals surface area contributed by atoms with E-state index in [1.54, 1.807) is 30.3 Å². The molecule has 0 saturated carbocycles. The van der Waals surface area contributed by atoms with E-state index in [1.165, 1.54) is 0 Å². The van der Waals surface area contributed by atoms with Gasteiger partial charge in [0.2, 0.25) is 5.90 Å². The van der Waals surface area contributed by atoms with Crippen LogP contribution in [-0.4, -0.2) is 11.9 Å². The SMILES string of the molecule is N#Cc1ccc(/C=C2\N=C(c3ccccc3Br)OC2=O)cc1. The van der Waals surface area contributed by atoms with Crippen molar-refractivity contribution in [3.63, 3.8) is 0 Å². The Hall–Kier alpha value is -2.71. The standard InChI is InChI=1S/C17H9BrN2O2/c18-14-4-2-1-3-13(14)16-20-15(17(21)22-16)9-11-5-7-12(10-19)8-6-11/h1-9H/b15-9-. The van der Waals surface area contributed by atoms with Crippen LogP contribution in [0.3, 0.4) is 0 Å². The van der Waals surface area contributed by atoms with Gasteiger partial charge in [-0.1, -0.05) is 24.3 Å². The Labute approximate surface area is 135 Å². The van der Waals surface area contributed by atoms with Crippen LogP contribution in [0.5, 0.6) is 0 Å². The molecule has 106 valence electrons. The second-order valence-electron chi connectivity index (χ2n) is 4.55. The van der Waals surface area contributed by atoms with E-state index in [-0.39, 0.29) is 11.6 Å². The number of cyclic esters (lactones) is 1. The molecular weight excluding hydrogens is 344 g/mol. The van der Waals surface area contributed by atoms with E-state index >= 15 is 0 Å². The lowest BCUT2D eigenvalue weighted by Crippen LogP contribution is -2.05. The topological polar surface area (TPSA) is 62.4 Å². The third-order valence-corrected chi connectivity index (χ3v) is 3.76. The molecule has 0 N–H and O–H groups in total. The van der Waals surface area contributed by atoms with E-state index < -0.39 is 5.97 Å². The molecule has 0 fully saturated rings. The highest BCUT2D eigenvalue weighted by Gasteiger charge is 2.25. The van der Waals surface area contributed by atoms with Gasteiger partial charge in [0.15, 0.2) is 5.70 Å². The van der Waals surface area contributed by atoms with Gasteiger partial charge in [0, 0.05) is 4.47 Å². The van der Waals surface area contributed by atoms with Gasteiger partial charge in [0.25, 0.3) is 0 Å². The van der Waals surface area contributed by atoms with Crippen LogP contribution >= 0.6 is 15.9 Å². The molecule has 22 heavy (non-hydrogen) atoms. The Morgan fingerprint density at radius 2 is 1.86 bits per heavy atom. The summed E-state index contributed by atoms with van der Waals surface area (Å²) in [7, 11) is 0. The zero-order chi connectivity index (χ0) is 15.5. The third kappa shape index (κ3) is 2.83. The molecule has 0 aromatic heterocycles. The molecule has 2 aromatic rings. The minimum Gasteiger partial charge on any atom is -0.402 e. The summed E-state index contributed by atoms with van der Waals surface area (Å²) in [6.45, 7) is 0. The minimum absolute atomic E-state index is 0.232. The van der Waals surface area contributed by atoms with Crippen LogP contribution in [0.25, 0.3) is 6.08 Å². The number of nitrogens with zero attached hydrogens (tertiary/aromatic N) is 2. The minimum atomic E-state index is -0.491. The average molecular weight is 353 g/mol. The zero-order valence-electron chi connectivity index (χ0n) is 11.3. The van der Waals surface area contributed by atoms with Crippen molar-refractivity contribution in [3.05, 3.63) is 75.4 Å². The van der Waals surface area contributed by atoms with Crippen LogP contribution in [0.1, 0.15) is 16.7 Å². The first-order chi connectivity index (χ1) is 10.7. The number of nitriles is 1. The van der Waals surface area contributed by atoms with Crippen LogP contribution in [0, 0.1) is 11.3 Å². The molecule has 2 aromatic carbocycles. The summed E-state index contributed by atoms with van der Waals surface area (Å²) in [6.07, 6.45) is 1.63. The maximum atomic E-state index is 11.9. The number of carbonyl (C=O) groups is 1. The smallest absolute Gasteiger partial charge is 0.363 e. The van der Waals surface area contributed by atoms with Gasteiger partial charge in [0.1, 0.15) is 0 Å². The van der Waals surface area contributed by atoms with Crippen molar-refractivity contribution in [1.29, 1.82) is 5.26 Å². The van der Waals surface area contributed by atoms with Gasteiger partial charge in [-0.25, -0.2) is 9.79 Å². The van der Waals surface area contributed by atoms with Gasteiger partial charge in [-0.05, 0) is 51.8 Å². The fraction of sp³-hybridized carbons (Fsp3) is 0. The summed E-state index contributed by atoms with van der Waals surface area (Å²) in [4.78, 5) is 16.2. The van der Waals surface area contributed by atoms with Gasteiger partial charge in [-0.2, -0.15) is 5.26 Å². The molecule has 1 aliphatic heterocycles. The van der Waals surface area contributed by atoms with Crippen molar-refractivity contribution < 1.29 is 9.53 Å². The fourth-order valence-electron chi connectivity index (χ4n) is 1.97. The Morgan fingerprint density at radius 3 is 2.55 bits per heavy atom. The van der Waals surface area contributed by atoms with Crippen molar-refractivity contribution in [1.82, 2.24) is 0 Å². The van der Waals surface area contributed by atoms with Crippen molar-refractivity contribution >= 4 is 33.9 Å². The van der Waals surface area contributed by atoms with E-state index in [0.29, 0.717) is 5.56 Å². The molecule has 0 bridgehead atoms. The molecule has 3 rings (SSSR count). The number of benzene rings is 2. The highest BCUT2D eigenvalue weighted by atomic mass is 79.9. The molecular formula is C17H9BrN2O2. The Morgan fingerprint density at radius 1 is 1.14 bits per heavy atom. The molecule has 0 aliphatic carbocycles. The van der Waals surface area contributed by atoms with Crippen LogP contribution < -0.4 is 0 Å². The van der Waals surface area contributed by atoms with Gasteiger partial charge in [-0.15, -0.1) is 0 Å². The number of halogens is 1. The van der Waals surface area contributed by atoms with Crippen LogP contribution in [0.4, 0.5) is 0 Å². The van der Waals surface area contributed by atoms with Crippen molar-refractivity contribution in [3.8, 4) is 6.07 Å². The zero-order valence-corrected chi connectivity index (χ0v) is 12.9. The maximum Gasteiger partial charge on any atom is 0.363 e. The third-order valence-electron chi connectivity index (χ3n) is 3.07. The number of esters is 1. The predicted octanol–water partition coefficient (Wildman–Crippen LogP) is 3.67. The highest BCUT2D eigenvalue weighted by Crippen LogP contribution is 2.23. The summed E-state index contributed by atoms with van der Waals surface area (Å²) < 4.78 is 6.03. The summed E-state index contributed by atoms with van der Waals surface area (Å²) in [5, 5.41) is 8.78. The molecule has 1 aliphatic rings. The fourth-order valence-corrected chi connectivity index (χ4v) is 2.43. The molecule has 0 unspecified atom stereocenters. The Kier molecular flexibility index (Phi) is 3.86. The molecule has 5 heteroatoms. The molecule has 1 heterocycles. The lowest BCUT2D eigenvalue weighted by atomic mass is 10.1. The summed E-state index contributed by atoms with van der Waals surface area (Å²) >= 11 is 3.41. The normalized spacial score (nSPS) is 15.4. The number of hydrogen-bond acceptors (Lipinski definition) is 4. The Bertz CT molecular complexity index is 846. The molecule has 0 atom stereocenters. The van der Waals surface area contributed by atoms with E-state index in [4.69, 9.17) is 10.00 Å². The Balaban J connectivity index is 1.94. The first-order valence-corrected chi connectivity index (χ1v) is 7.24. The van der Waals surface area contributed by atoms with Crippen molar-refractivity contribution in [2.75, 3.05) is 0 Å². The van der Waals surface area contributed by atoms with E-state index in [2.05, 4.69) is 20.9 Å². The lowest BCUT2D eigenvalue weighted by molar-refractivity contribution is -0.129. The van der Waals surface area contributed by atoms with Crippen molar-refractivity contribution in [2.24, 2.45) is 4.99 Å². The average Bonchev–Trinajstić information content (AvgIpc) is 2.89. The van der Waals surface area contributed by atoms with Gasteiger partial charge in [0.05, 0.1) is 17.2 Å².